The predicted octanol–water partition coefficient (Wildman–Crippen LogP) is 1.95. The summed E-state index contributed by atoms with van der Waals surface area (Å²) < 4.78 is 49.3. The topological polar surface area (TPSA) is 65.0 Å². The first-order valence-electron chi connectivity index (χ1n) is 9.64. The number of guanidine groups is 1. The van der Waals surface area contributed by atoms with Crippen molar-refractivity contribution in [1.82, 2.24) is 14.5 Å². The van der Waals surface area contributed by atoms with Crippen molar-refractivity contribution in [3.05, 3.63) is 0 Å². The second kappa shape index (κ2) is 8.37. The van der Waals surface area contributed by atoms with E-state index in [0.29, 0.717) is 19.4 Å². The number of rotatable bonds is 4. The van der Waals surface area contributed by atoms with Crippen LogP contribution in [0.15, 0.2) is 4.99 Å². The van der Waals surface area contributed by atoms with Gasteiger partial charge in [-0.2, -0.15) is 13.1 Å². The van der Waals surface area contributed by atoms with Crippen molar-refractivity contribution in [3.8, 4) is 0 Å². The van der Waals surface area contributed by atoms with Crippen molar-refractivity contribution < 1.29 is 17.2 Å². The van der Waals surface area contributed by atoms with Crippen LogP contribution in [0.25, 0.3) is 0 Å². The van der Waals surface area contributed by atoms with Crippen molar-refractivity contribution in [1.29, 1.82) is 0 Å². The number of hydrogen-bond acceptors (Lipinski definition) is 3. The number of nitrogens with one attached hydrogen (secondary N) is 1. The van der Waals surface area contributed by atoms with Gasteiger partial charge in [-0.25, -0.2) is 8.42 Å². The van der Waals surface area contributed by atoms with E-state index in [2.05, 4.69) is 15.2 Å². The van der Waals surface area contributed by atoms with Gasteiger partial charge in [0, 0.05) is 39.8 Å². The standard InChI is InChI=1S/C17H30F2N4O2S/c1-20-17(22-11-14-4-2-3-5-15(14)12-22)21-10-13-6-8-23(9-7-13)26(24,25)16(18)19/h13-16H,2-12H2,1H3,(H,20,21). The van der Waals surface area contributed by atoms with Crippen molar-refractivity contribution >= 4 is 16.0 Å². The fraction of sp³-hybridized carbons (Fsp3) is 0.941. The molecule has 150 valence electrons. The minimum Gasteiger partial charge on any atom is -0.356 e. The molecule has 0 amide bonds. The van der Waals surface area contributed by atoms with E-state index < -0.39 is 15.8 Å². The first-order valence-corrected chi connectivity index (χ1v) is 11.1. The molecule has 0 spiro atoms. The number of piperidine rings is 1. The number of hydrogen-bond donors (Lipinski definition) is 1. The molecule has 0 aromatic heterocycles. The predicted molar refractivity (Wildman–Crippen MR) is 97.6 cm³/mol. The Morgan fingerprint density at radius 1 is 1.12 bits per heavy atom. The molecule has 3 fully saturated rings. The summed E-state index contributed by atoms with van der Waals surface area (Å²) in [5, 5.41) is 3.43. The maximum absolute atomic E-state index is 12.6. The molecule has 1 aliphatic carbocycles. The lowest BCUT2D eigenvalue weighted by Gasteiger charge is -2.32. The highest BCUT2D eigenvalue weighted by Gasteiger charge is 2.37. The van der Waals surface area contributed by atoms with E-state index in [0.717, 1.165) is 35.2 Å². The number of sulfonamides is 1. The maximum atomic E-state index is 12.6. The van der Waals surface area contributed by atoms with Gasteiger partial charge in [-0.15, -0.1) is 0 Å². The fourth-order valence-corrected chi connectivity index (χ4v) is 5.57. The lowest BCUT2D eigenvalue weighted by molar-refractivity contribution is 0.204. The zero-order chi connectivity index (χ0) is 18.7. The van der Waals surface area contributed by atoms with Crippen LogP contribution in [0, 0.1) is 17.8 Å². The highest BCUT2D eigenvalue weighted by Crippen LogP contribution is 2.36. The van der Waals surface area contributed by atoms with Gasteiger partial charge in [-0.3, -0.25) is 4.99 Å². The molecule has 1 N–H and O–H groups in total. The van der Waals surface area contributed by atoms with Crippen LogP contribution in [0.2, 0.25) is 0 Å². The van der Waals surface area contributed by atoms with E-state index in [1.165, 1.54) is 25.7 Å². The zero-order valence-corrected chi connectivity index (χ0v) is 16.2. The summed E-state index contributed by atoms with van der Waals surface area (Å²) in [6, 6.07) is 0. The average Bonchev–Trinajstić information content (AvgIpc) is 3.06. The third-order valence-corrected chi connectivity index (χ3v) is 7.73. The summed E-state index contributed by atoms with van der Waals surface area (Å²) in [5.41, 5.74) is 0. The molecule has 3 rings (SSSR count). The molecule has 26 heavy (non-hydrogen) atoms. The quantitative estimate of drug-likeness (QED) is 0.587. The van der Waals surface area contributed by atoms with E-state index in [9.17, 15) is 17.2 Å². The molecular formula is C17H30F2N4O2S. The van der Waals surface area contributed by atoms with Gasteiger partial charge in [0.05, 0.1) is 0 Å². The third-order valence-electron chi connectivity index (χ3n) is 6.20. The molecule has 0 aromatic rings. The summed E-state index contributed by atoms with van der Waals surface area (Å²) in [6.07, 6.45) is 6.50. The highest BCUT2D eigenvalue weighted by atomic mass is 32.2. The van der Waals surface area contributed by atoms with Crippen molar-refractivity contribution in [2.75, 3.05) is 39.8 Å². The normalized spacial score (nSPS) is 29.2. The van der Waals surface area contributed by atoms with Gasteiger partial charge < -0.3 is 10.2 Å². The van der Waals surface area contributed by atoms with Gasteiger partial charge in [-0.1, -0.05) is 12.8 Å². The summed E-state index contributed by atoms with van der Waals surface area (Å²) in [5.74, 6) is -0.562. The first kappa shape index (κ1) is 19.8. The summed E-state index contributed by atoms with van der Waals surface area (Å²) >= 11 is 0. The van der Waals surface area contributed by atoms with Gasteiger partial charge in [0.2, 0.25) is 0 Å². The fourth-order valence-electron chi connectivity index (χ4n) is 4.63. The third kappa shape index (κ3) is 4.30. The zero-order valence-electron chi connectivity index (χ0n) is 15.4. The van der Waals surface area contributed by atoms with Crippen LogP contribution >= 0.6 is 0 Å². The van der Waals surface area contributed by atoms with Crippen molar-refractivity contribution in [2.45, 2.75) is 44.3 Å². The largest absolute Gasteiger partial charge is 0.356 e. The van der Waals surface area contributed by atoms with Gasteiger partial charge >= 0.3 is 5.76 Å². The second-order valence-electron chi connectivity index (χ2n) is 7.79. The van der Waals surface area contributed by atoms with Crippen LogP contribution < -0.4 is 5.32 Å². The molecule has 3 aliphatic rings. The Morgan fingerprint density at radius 3 is 2.19 bits per heavy atom. The van der Waals surface area contributed by atoms with Crippen LogP contribution in [0.3, 0.4) is 0 Å². The average molecular weight is 393 g/mol. The van der Waals surface area contributed by atoms with Gasteiger partial charge in [0.25, 0.3) is 10.0 Å². The van der Waals surface area contributed by atoms with E-state index in [-0.39, 0.29) is 19.0 Å². The molecule has 9 heteroatoms. The molecule has 2 saturated heterocycles. The second-order valence-corrected chi connectivity index (χ2v) is 9.69. The smallest absolute Gasteiger partial charge is 0.350 e. The van der Waals surface area contributed by atoms with Crippen molar-refractivity contribution in [2.24, 2.45) is 22.7 Å². The number of alkyl halides is 2. The molecule has 6 nitrogen and oxygen atoms in total. The minimum atomic E-state index is -4.44. The van der Waals surface area contributed by atoms with Gasteiger partial charge in [0.15, 0.2) is 5.96 Å². The molecule has 2 unspecified atom stereocenters. The molecule has 0 aromatic carbocycles. The molecule has 2 atom stereocenters. The Kier molecular flexibility index (Phi) is 6.37. The Morgan fingerprint density at radius 2 is 1.69 bits per heavy atom. The van der Waals surface area contributed by atoms with Crippen LogP contribution in [-0.2, 0) is 10.0 Å². The molecular weight excluding hydrogens is 362 g/mol. The number of fused-ring (bicyclic) bond motifs is 1. The number of nitrogens with zero attached hydrogens (tertiary/aromatic N) is 3. The Balaban J connectivity index is 1.46. The van der Waals surface area contributed by atoms with Gasteiger partial charge in [-0.05, 0) is 43.4 Å². The van der Waals surface area contributed by atoms with Crippen LogP contribution in [0.5, 0.6) is 0 Å². The number of halogens is 2. The van der Waals surface area contributed by atoms with E-state index in [4.69, 9.17) is 0 Å². The Hall–Kier alpha value is -0.960. The monoisotopic (exact) mass is 392 g/mol. The molecule has 2 aliphatic heterocycles. The lowest BCUT2D eigenvalue weighted by Crippen LogP contribution is -2.46. The first-order chi connectivity index (χ1) is 12.4. The molecule has 1 saturated carbocycles. The highest BCUT2D eigenvalue weighted by molar-refractivity contribution is 7.89. The Labute approximate surface area is 155 Å². The SMILES string of the molecule is CN=C(NCC1CCN(S(=O)(=O)C(F)F)CC1)N1CC2CCCCC2C1. The summed E-state index contributed by atoms with van der Waals surface area (Å²) in [7, 11) is -2.64. The molecule has 0 radical (unpaired) electrons. The van der Waals surface area contributed by atoms with Crippen molar-refractivity contribution in [3.63, 3.8) is 0 Å². The maximum Gasteiger partial charge on any atom is 0.350 e. The summed E-state index contributed by atoms with van der Waals surface area (Å²) in [6.45, 7) is 3.18. The van der Waals surface area contributed by atoms with E-state index in [1.807, 2.05) is 0 Å². The summed E-state index contributed by atoms with van der Waals surface area (Å²) in [4.78, 5) is 6.76. The van der Waals surface area contributed by atoms with Crippen LogP contribution in [-0.4, -0.2) is 69.1 Å². The van der Waals surface area contributed by atoms with E-state index >= 15 is 0 Å². The number of likely N-dealkylation sites (tertiary alicyclic amines) is 1. The minimum absolute atomic E-state index is 0.172. The molecule has 2 heterocycles. The Bertz CT molecular complexity index is 592. The number of aliphatic imine (C=N–C) groups is 1. The molecule has 0 bridgehead atoms. The lowest BCUT2D eigenvalue weighted by atomic mass is 9.82. The van der Waals surface area contributed by atoms with Crippen LogP contribution in [0.4, 0.5) is 8.78 Å². The van der Waals surface area contributed by atoms with Gasteiger partial charge in [0.1, 0.15) is 0 Å². The van der Waals surface area contributed by atoms with Crippen LogP contribution in [0.1, 0.15) is 38.5 Å². The van der Waals surface area contributed by atoms with E-state index in [1.54, 1.807) is 7.05 Å².